The van der Waals surface area contributed by atoms with Crippen LogP contribution in [-0.2, 0) is 17.7 Å². The molecule has 0 unspecified atom stereocenters. The molecule has 0 aliphatic carbocycles. The van der Waals surface area contributed by atoms with Crippen LogP contribution in [0.3, 0.4) is 0 Å². The third kappa shape index (κ3) is 4.92. The van der Waals surface area contributed by atoms with Crippen molar-refractivity contribution in [3.63, 3.8) is 0 Å². The van der Waals surface area contributed by atoms with Gasteiger partial charge >= 0.3 is 6.09 Å². The van der Waals surface area contributed by atoms with Crippen LogP contribution >= 0.6 is 0 Å². The monoisotopic (exact) mass is 297 g/mol. The minimum Gasteiger partial charge on any atom is -0.446 e. The highest BCUT2D eigenvalue weighted by atomic mass is 16.6. The zero-order valence-corrected chi connectivity index (χ0v) is 13.2. The second kappa shape index (κ2) is 8.23. The molecule has 0 radical (unpaired) electrons. The molecule has 2 aromatic carbocycles. The summed E-state index contributed by atoms with van der Waals surface area (Å²) in [5.74, 6) is 0. The lowest BCUT2D eigenvalue weighted by Crippen LogP contribution is -2.29. The molecule has 0 heterocycles. The molecule has 22 heavy (non-hydrogen) atoms. The van der Waals surface area contributed by atoms with Gasteiger partial charge in [0, 0.05) is 13.0 Å². The van der Waals surface area contributed by atoms with Crippen LogP contribution < -0.4 is 5.32 Å². The number of ether oxygens (including phenoxy) is 1. The summed E-state index contributed by atoms with van der Waals surface area (Å²) >= 11 is 0. The van der Waals surface area contributed by atoms with Gasteiger partial charge in [-0.2, -0.15) is 0 Å². The molecule has 1 amide bonds. The number of amides is 1. The fraction of sp³-hybridized carbons (Fsp3) is 0.316. The van der Waals surface area contributed by atoms with Crippen molar-refractivity contribution in [2.24, 2.45) is 0 Å². The fourth-order valence-corrected chi connectivity index (χ4v) is 2.32. The van der Waals surface area contributed by atoms with Crippen LogP contribution in [0.4, 0.5) is 4.79 Å². The van der Waals surface area contributed by atoms with Gasteiger partial charge in [0.05, 0.1) is 0 Å². The summed E-state index contributed by atoms with van der Waals surface area (Å²) in [6.45, 7) is 4.60. The minimum atomic E-state index is -0.357. The standard InChI is InChI=1S/C19H23NO2/c1-3-18(13-17-12-8-7-9-15(17)2)22-19(21)20-14-16-10-5-4-6-11-16/h4-12,18H,3,13-14H2,1-2H3,(H,20,21)/t18-/m0/s1. The molecule has 2 rings (SSSR count). The number of carbonyl (C=O) groups is 1. The Balaban J connectivity index is 1.84. The average molecular weight is 297 g/mol. The number of rotatable bonds is 6. The first-order valence-corrected chi connectivity index (χ1v) is 7.72. The Morgan fingerprint density at radius 3 is 2.45 bits per heavy atom. The number of carbonyl (C=O) groups excluding carboxylic acids is 1. The van der Waals surface area contributed by atoms with E-state index in [0.717, 1.165) is 18.4 Å². The van der Waals surface area contributed by atoms with Gasteiger partial charge in [-0.3, -0.25) is 0 Å². The van der Waals surface area contributed by atoms with Crippen molar-refractivity contribution in [1.29, 1.82) is 0 Å². The molecule has 0 aliphatic rings. The Hall–Kier alpha value is -2.29. The molecule has 0 saturated carbocycles. The Labute approximate surface area is 132 Å². The van der Waals surface area contributed by atoms with Gasteiger partial charge in [0.2, 0.25) is 0 Å². The summed E-state index contributed by atoms with van der Waals surface area (Å²) < 4.78 is 5.53. The van der Waals surface area contributed by atoms with Gasteiger partial charge in [0.1, 0.15) is 6.10 Å². The molecule has 0 spiro atoms. The van der Waals surface area contributed by atoms with Crippen LogP contribution in [0.2, 0.25) is 0 Å². The van der Waals surface area contributed by atoms with E-state index in [2.05, 4.69) is 24.4 Å². The van der Waals surface area contributed by atoms with Crippen LogP contribution in [0.25, 0.3) is 0 Å². The SMILES string of the molecule is CC[C@@H](Cc1ccccc1C)OC(=O)NCc1ccccc1. The second-order valence-electron chi connectivity index (χ2n) is 5.41. The zero-order valence-electron chi connectivity index (χ0n) is 13.2. The molecule has 3 heteroatoms. The first-order chi connectivity index (χ1) is 10.7. The number of hydrogen-bond donors (Lipinski definition) is 1. The molecule has 1 atom stereocenters. The molecule has 0 fully saturated rings. The molecule has 116 valence electrons. The van der Waals surface area contributed by atoms with Crippen LogP contribution in [-0.4, -0.2) is 12.2 Å². The lowest BCUT2D eigenvalue weighted by molar-refractivity contribution is 0.0947. The molecule has 0 bridgehead atoms. The van der Waals surface area contributed by atoms with Crippen molar-refractivity contribution >= 4 is 6.09 Å². The highest BCUT2D eigenvalue weighted by molar-refractivity contribution is 5.67. The van der Waals surface area contributed by atoms with E-state index in [0.29, 0.717) is 6.54 Å². The lowest BCUT2D eigenvalue weighted by atomic mass is 10.0. The summed E-state index contributed by atoms with van der Waals surface area (Å²) in [5.41, 5.74) is 3.52. The van der Waals surface area contributed by atoms with Crippen molar-refractivity contribution in [1.82, 2.24) is 5.32 Å². The second-order valence-corrected chi connectivity index (χ2v) is 5.41. The maximum absolute atomic E-state index is 11.9. The Kier molecular flexibility index (Phi) is 6.01. The predicted octanol–water partition coefficient (Wildman–Crippen LogP) is 4.24. The summed E-state index contributed by atoms with van der Waals surface area (Å²) in [5, 5.41) is 2.80. The fourth-order valence-electron chi connectivity index (χ4n) is 2.32. The topological polar surface area (TPSA) is 38.3 Å². The van der Waals surface area contributed by atoms with Gasteiger partial charge in [-0.1, -0.05) is 61.5 Å². The number of alkyl carbamates (subject to hydrolysis) is 1. The largest absolute Gasteiger partial charge is 0.446 e. The Morgan fingerprint density at radius 1 is 1.09 bits per heavy atom. The normalized spacial score (nSPS) is 11.7. The molecule has 1 N–H and O–H groups in total. The lowest BCUT2D eigenvalue weighted by Gasteiger charge is -2.18. The maximum atomic E-state index is 11.9. The third-order valence-electron chi connectivity index (χ3n) is 3.72. The predicted molar refractivity (Wildman–Crippen MR) is 88.7 cm³/mol. The Bertz CT molecular complexity index is 595. The van der Waals surface area contributed by atoms with Gasteiger partial charge in [0.15, 0.2) is 0 Å². The highest BCUT2D eigenvalue weighted by Crippen LogP contribution is 2.13. The third-order valence-corrected chi connectivity index (χ3v) is 3.72. The first-order valence-electron chi connectivity index (χ1n) is 7.72. The van der Waals surface area contributed by atoms with Crippen molar-refractivity contribution in [2.75, 3.05) is 0 Å². The molecule has 0 aliphatic heterocycles. The van der Waals surface area contributed by atoms with E-state index < -0.39 is 0 Å². The van der Waals surface area contributed by atoms with E-state index in [1.807, 2.05) is 49.4 Å². The van der Waals surface area contributed by atoms with Gasteiger partial charge in [-0.15, -0.1) is 0 Å². The zero-order chi connectivity index (χ0) is 15.8. The van der Waals surface area contributed by atoms with Crippen molar-refractivity contribution in [3.05, 3.63) is 71.3 Å². The molecule has 3 nitrogen and oxygen atoms in total. The first kappa shape index (κ1) is 16.1. The van der Waals surface area contributed by atoms with Crippen molar-refractivity contribution in [3.8, 4) is 0 Å². The van der Waals surface area contributed by atoms with E-state index in [9.17, 15) is 4.79 Å². The van der Waals surface area contributed by atoms with Gasteiger partial charge in [-0.25, -0.2) is 4.79 Å². The van der Waals surface area contributed by atoms with E-state index in [1.165, 1.54) is 11.1 Å². The van der Waals surface area contributed by atoms with E-state index in [1.54, 1.807) is 0 Å². The van der Waals surface area contributed by atoms with Crippen molar-refractivity contribution in [2.45, 2.75) is 39.3 Å². The highest BCUT2D eigenvalue weighted by Gasteiger charge is 2.14. The molecular weight excluding hydrogens is 274 g/mol. The van der Waals surface area contributed by atoms with Crippen LogP contribution in [0.1, 0.15) is 30.0 Å². The molecular formula is C19H23NO2. The van der Waals surface area contributed by atoms with E-state index in [-0.39, 0.29) is 12.2 Å². The van der Waals surface area contributed by atoms with Gasteiger partial charge < -0.3 is 10.1 Å². The van der Waals surface area contributed by atoms with Crippen molar-refractivity contribution < 1.29 is 9.53 Å². The summed E-state index contributed by atoms with van der Waals surface area (Å²) in [6.07, 6.45) is 1.09. The smallest absolute Gasteiger partial charge is 0.407 e. The van der Waals surface area contributed by atoms with Gasteiger partial charge in [-0.05, 0) is 30.0 Å². The van der Waals surface area contributed by atoms with Crippen LogP contribution in [0.5, 0.6) is 0 Å². The van der Waals surface area contributed by atoms with Crippen LogP contribution in [0, 0.1) is 6.92 Å². The Morgan fingerprint density at radius 2 is 1.77 bits per heavy atom. The van der Waals surface area contributed by atoms with Crippen LogP contribution in [0.15, 0.2) is 54.6 Å². The summed E-state index contributed by atoms with van der Waals surface area (Å²) in [7, 11) is 0. The molecule has 2 aromatic rings. The number of aryl methyl sites for hydroxylation is 1. The van der Waals surface area contributed by atoms with E-state index in [4.69, 9.17) is 4.74 Å². The average Bonchev–Trinajstić information content (AvgIpc) is 2.55. The minimum absolute atomic E-state index is 0.100. The van der Waals surface area contributed by atoms with E-state index >= 15 is 0 Å². The summed E-state index contributed by atoms with van der Waals surface area (Å²) in [6, 6.07) is 18.0. The number of hydrogen-bond acceptors (Lipinski definition) is 2. The quantitative estimate of drug-likeness (QED) is 0.866. The number of nitrogens with one attached hydrogen (secondary N) is 1. The molecule has 0 aromatic heterocycles. The number of benzene rings is 2. The molecule has 0 saturated heterocycles. The summed E-state index contributed by atoms with van der Waals surface area (Å²) in [4.78, 5) is 11.9. The maximum Gasteiger partial charge on any atom is 0.407 e. The van der Waals surface area contributed by atoms with Gasteiger partial charge in [0.25, 0.3) is 0 Å².